The lowest BCUT2D eigenvalue weighted by atomic mass is 10.2. The fraction of sp³-hybridized carbons (Fsp3) is 0.364. The maximum Gasteiger partial charge on any atom is 0.345 e. The van der Waals surface area contributed by atoms with Crippen molar-refractivity contribution >= 4 is 11.7 Å². The van der Waals surface area contributed by atoms with Crippen molar-refractivity contribution in [1.82, 2.24) is 24.6 Å². The fourth-order valence-corrected chi connectivity index (χ4v) is 3.50. The van der Waals surface area contributed by atoms with E-state index in [0.29, 0.717) is 37.6 Å². The van der Waals surface area contributed by atoms with Gasteiger partial charge < -0.3 is 15.4 Å². The molecule has 4 rings (SSSR count). The maximum absolute atomic E-state index is 12.3. The van der Waals surface area contributed by atoms with Crippen LogP contribution < -0.4 is 21.1 Å². The molecular weight excluding hydrogens is 396 g/mol. The minimum Gasteiger partial charge on any atom is -0.487 e. The lowest BCUT2D eigenvalue weighted by Gasteiger charge is -2.10. The second-order valence-corrected chi connectivity index (χ2v) is 7.40. The number of amides is 2. The highest BCUT2D eigenvalue weighted by molar-refractivity contribution is 5.89. The van der Waals surface area contributed by atoms with Gasteiger partial charge in [-0.2, -0.15) is 5.10 Å². The molecule has 0 bridgehead atoms. The summed E-state index contributed by atoms with van der Waals surface area (Å²) in [5.74, 6) is 1.51. The third-order valence-electron chi connectivity index (χ3n) is 5.07. The van der Waals surface area contributed by atoms with E-state index in [1.165, 1.54) is 4.68 Å². The lowest BCUT2D eigenvalue weighted by Crippen LogP contribution is -2.31. The molecule has 0 saturated heterocycles. The predicted molar refractivity (Wildman–Crippen MR) is 116 cm³/mol. The van der Waals surface area contributed by atoms with Gasteiger partial charge in [-0.1, -0.05) is 12.1 Å². The van der Waals surface area contributed by atoms with E-state index in [1.54, 1.807) is 22.9 Å². The van der Waals surface area contributed by atoms with Gasteiger partial charge in [0.2, 0.25) is 0 Å². The number of hydrogen-bond donors (Lipinski definition) is 2. The second-order valence-electron chi connectivity index (χ2n) is 7.40. The number of aryl methyl sites for hydroxylation is 2. The Balaban J connectivity index is 1.21. The van der Waals surface area contributed by atoms with E-state index in [2.05, 4.69) is 20.7 Å². The van der Waals surface area contributed by atoms with Crippen molar-refractivity contribution in [2.24, 2.45) is 0 Å². The van der Waals surface area contributed by atoms with Gasteiger partial charge in [0, 0.05) is 44.0 Å². The molecule has 9 nitrogen and oxygen atoms in total. The predicted octanol–water partition coefficient (Wildman–Crippen LogP) is 2.57. The van der Waals surface area contributed by atoms with Crippen LogP contribution in [-0.2, 0) is 26.1 Å². The minimum atomic E-state index is -0.307. The molecule has 162 valence electrons. The molecule has 9 heteroatoms. The highest BCUT2D eigenvalue weighted by Gasteiger charge is 2.16. The summed E-state index contributed by atoms with van der Waals surface area (Å²) >= 11 is 0. The number of urea groups is 1. The summed E-state index contributed by atoms with van der Waals surface area (Å²) in [7, 11) is 0. The Labute approximate surface area is 180 Å². The highest BCUT2D eigenvalue weighted by atomic mass is 16.5. The quantitative estimate of drug-likeness (QED) is 0.543. The Bertz CT molecular complexity index is 1080. The summed E-state index contributed by atoms with van der Waals surface area (Å²) in [6.07, 6.45) is 5.30. The second kappa shape index (κ2) is 9.92. The van der Waals surface area contributed by atoms with Crippen LogP contribution in [0, 0.1) is 0 Å². The van der Waals surface area contributed by atoms with Crippen molar-refractivity contribution in [3.63, 3.8) is 0 Å². The van der Waals surface area contributed by atoms with Gasteiger partial charge in [-0.25, -0.2) is 14.3 Å². The Kier molecular flexibility index (Phi) is 6.61. The van der Waals surface area contributed by atoms with Crippen LogP contribution in [0.3, 0.4) is 0 Å². The SMILES string of the molecule is O=C(NCCCn1nc2n(c1=O)CCCC2)Nc1cccc(OCc2ccccn2)c1. The number of carbonyl (C=O) groups excluding carboxylic acids is 1. The van der Waals surface area contributed by atoms with E-state index in [-0.39, 0.29) is 11.7 Å². The summed E-state index contributed by atoms with van der Waals surface area (Å²) < 4.78 is 8.99. The van der Waals surface area contributed by atoms with E-state index in [9.17, 15) is 9.59 Å². The van der Waals surface area contributed by atoms with Crippen LogP contribution in [0.4, 0.5) is 10.5 Å². The number of ether oxygens (including phenoxy) is 1. The summed E-state index contributed by atoms with van der Waals surface area (Å²) in [5.41, 5.74) is 1.41. The normalized spacial score (nSPS) is 12.8. The smallest absolute Gasteiger partial charge is 0.345 e. The molecule has 0 aliphatic carbocycles. The van der Waals surface area contributed by atoms with Crippen molar-refractivity contribution < 1.29 is 9.53 Å². The first kappa shape index (κ1) is 20.6. The molecule has 3 heterocycles. The standard InChI is InChI=1S/C22H26N6O3/c29-21(24-12-6-14-28-22(30)27-13-4-2-10-20(27)26-28)25-17-8-5-9-19(15-17)31-16-18-7-1-3-11-23-18/h1,3,5,7-9,11,15H,2,4,6,10,12-14,16H2,(H2,24,25,29). The molecule has 0 saturated carbocycles. The van der Waals surface area contributed by atoms with Crippen molar-refractivity contribution in [3.05, 3.63) is 70.7 Å². The Morgan fingerprint density at radius 3 is 2.94 bits per heavy atom. The molecule has 0 fully saturated rings. The zero-order chi connectivity index (χ0) is 21.5. The molecule has 0 spiro atoms. The minimum absolute atomic E-state index is 0.0540. The molecule has 2 N–H and O–H groups in total. The third kappa shape index (κ3) is 5.50. The van der Waals surface area contributed by atoms with Gasteiger partial charge in [0.05, 0.1) is 5.69 Å². The number of nitrogens with one attached hydrogen (secondary N) is 2. The van der Waals surface area contributed by atoms with Crippen LogP contribution >= 0.6 is 0 Å². The van der Waals surface area contributed by atoms with Crippen LogP contribution in [0.25, 0.3) is 0 Å². The van der Waals surface area contributed by atoms with E-state index in [0.717, 1.165) is 37.3 Å². The number of anilines is 1. The van der Waals surface area contributed by atoms with Crippen molar-refractivity contribution in [2.75, 3.05) is 11.9 Å². The molecule has 0 radical (unpaired) electrons. The first-order valence-electron chi connectivity index (χ1n) is 10.5. The largest absolute Gasteiger partial charge is 0.487 e. The number of fused-ring (bicyclic) bond motifs is 1. The van der Waals surface area contributed by atoms with Gasteiger partial charge in [-0.15, -0.1) is 0 Å². The first-order chi connectivity index (χ1) is 15.2. The number of hydrogen-bond acceptors (Lipinski definition) is 5. The average molecular weight is 422 g/mol. The van der Waals surface area contributed by atoms with Gasteiger partial charge in [0.25, 0.3) is 0 Å². The summed E-state index contributed by atoms with van der Waals surface area (Å²) in [5, 5.41) is 10.0. The molecular formula is C22H26N6O3. The van der Waals surface area contributed by atoms with E-state index >= 15 is 0 Å². The molecule has 1 aromatic carbocycles. The van der Waals surface area contributed by atoms with Gasteiger partial charge in [0.1, 0.15) is 18.2 Å². The molecule has 3 aromatic rings. The topological polar surface area (TPSA) is 103 Å². The van der Waals surface area contributed by atoms with Crippen LogP contribution in [0.2, 0.25) is 0 Å². The zero-order valence-electron chi connectivity index (χ0n) is 17.3. The van der Waals surface area contributed by atoms with Gasteiger partial charge in [-0.3, -0.25) is 9.55 Å². The van der Waals surface area contributed by atoms with Crippen molar-refractivity contribution in [3.8, 4) is 5.75 Å². The van der Waals surface area contributed by atoms with Crippen molar-refractivity contribution in [1.29, 1.82) is 0 Å². The number of carbonyl (C=O) groups is 1. The monoisotopic (exact) mass is 422 g/mol. The van der Waals surface area contributed by atoms with Crippen LogP contribution in [-0.4, -0.2) is 31.9 Å². The molecule has 31 heavy (non-hydrogen) atoms. The van der Waals surface area contributed by atoms with Crippen LogP contribution in [0.1, 0.15) is 30.8 Å². The molecule has 0 unspecified atom stereocenters. The lowest BCUT2D eigenvalue weighted by molar-refractivity contribution is 0.251. The fourth-order valence-electron chi connectivity index (χ4n) is 3.50. The summed E-state index contributed by atoms with van der Waals surface area (Å²) in [6, 6.07) is 12.5. The summed E-state index contributed by atoms with van der Waals surface area (Å²) in [4.78, 5) is 28.7. The number of aromatic nitrogens is 4. The van der Waals surface area contributed by atoms with E-state index in [1.807, 2.05) is 30.3 Å². The molecule has 2 amide bonds. The Morgan fingerprint density at radius 1 is 1.16 bits per heavy atom. The van der Waals surface area contributed by atoms with Gasteiger partial charge >= 0.3 is 11.7 Å². The van der Waals surface area contributed by atoms with Crippen LogP contribution in [0.15, 0.2) is 53.5 Å². The Morgan fingerprint density at radius 2 is 2.10 bits per heavy atom. The van der Waals surface area contributed by atoms with Crippen molar-refractivity contribution in [2.45, 2.75) is 45.4 Å². The third-order valence-corrected chi connectivity index (χ3v) is 5.07. The average Bonchev–Trinajstić information content (AvgIpc) is 3.12. The molecule has 2 aromatic heterocycles. The number of pyridine rings is 1. The van der Waals surface area contributed by atoms with Crippen LogP contribution in [0.5, 0.6) is 5.75 Å². The first-order valence-corrected chi connectivity index (χ1v) is 10.5. The maximum atomic E-state index is 12.3. The molecule has 0 atom stereocenters. The number of rotatable bonds is 8. The van der Waals surface area contributed by atoms with E-state index < -0.39 is 0 Å². The highest BCUT2D eigenvalue weighted by Crippen LogP contribution is 2.18. The molecule has 1 aliphatic rings. The number of nitrogens with zero attached hydrogens (tertiary/aromatic N) is 4. The number of benzene rings is 1. The Hall–Kier alpha value is -3.62. The molecule has 1 aliphatic heterocycles. The van der Waals surface area contributed by atoms with Gasteiger partial charge in [-0.05, 0) is 43.5 Å². The summed E-state index contributed by atoms with van der Waals surface area (Å²) in [6.45, 7) is 2.03. The van der Waals surface area contributed by atoms with Gasteiger partial charge in [0.15, 0.2) is 0 Å². The van der Waals surface area contributed by atoms with E-state index in [4.69, 9.17) is 4.74 Å². The zero-order valence-corrected chi connectivity index (χ0v) is 17.3.